The zero-order chi connectivity index (χ0) is 24.6. The molecule has 2 aromatic carbocycles. The molecule has 2 aliphatic heterocycles. The maximum Gasteiger partial charge on any atom is 0.407 e. The first-order valence-corrected chi connectivity index (χ1v) is 12.1. The summed E-state index contributed by atoms with van der Waals surface area (Å²) in [4.78, 5) is 39.0. The number of carbonyl (C=O) groups is 3. The fourth-order valence-electron chi connectivity index (χ4n) is 5.40. The van der Waals surface area contributed by atoms with Crippen molar-refractivity contribution >= 4 is 18.0 Å². The van der Waals surface area contributed by atoms with Gasteiger partial charge >= 0.3 is 12.1 Å². The fraction of sp³-hybridized carbons (Fsp3) is 0.444. The predicted molar refractivity (Wildman–Crippen MR) is 128 cm³/mol. The summed E-state index contributed by atoms with van der Waals surface area (Å²) in [6.45, 7) is 3.15. The summed E-state index contributed by atoms with van der Waals surface area (Å²) in [5.74, 6) is -1.49. The third-order valence-electron chi connectivity index (χ3n) is 7.74. The summed E-state index contributed by atoms with van der Waals surface area (Å²) >= 11 is 0. The summed E-state index contributed by atoms with van der Waals surface area (Å²) in [5.41, 5.74) is 3.79. The molecule has 0 saturated carbocycles. The second-order valence-corrected chi connectivity index (χ2v) is 9.91. The minimum Gasteiger partial charge on any atom is -0.481 e. The van der Waals surface area contributed by atoms with Crippen LogP contribution >= 0.6 is 0 Å². The van der Waals surface area contributed by atoms with Crippen LogP contribution in [0.15, 0.2) is 48.5 Å². The van der Waals surface area contributed by atoms with Crippen LogP contribution in [0, 0.1) is 11.3 Å². The summed E-state index contributed by atoms with van der Waals surface area (Å²) in [6.07, 6.45) is 0.246. The van der Waals surface area contributed by atoms with Crippen LogP contribution < -0.4 is 5.32 Å². The molecular formula is C27H30N2O6. The lowest BCUT2D eigenvalue weighted by Gasteiger charge is -2.38. The molecule has 2 fully saturated rings. The van der Waals surface area contributed by atoms with Gasteiger partial charge in [0, 0.05) is 19.0 Å². The normalized spacial score (nSPS) is 22.8. The van der Waals surface area contributed by atoms with Crippen molar-refractivity contribution in [1.29, 1.82) is 0 Å². The minimum atomic E-state index is -0.830. The number of rotatable bonds is 5. The number of carbonyl (C=O) groups excluding carboxylic acids is 2. The van der Waals surface area contributed by atoms with Gasteiger partial charge in [-0.05, 0) is 42.0 Å². The van der Waals surface area contributed by atoms with Crippen molar-refractivity contribution in [2.24, 2.45) is 11.3 Å². The Kier molecular flexibility index (Phi) is 6.23. The summed E-state index contributed by atoms with van der Waals surface area (Å²) in [6, 6.07) is 15.8. The molecule has 2 aromatic rings. The predicted octanol–water partition coefficient (Wildman–Crippen LogP) is 3.25. The maximum absolute atomic E-state index is 13.1. The Morgan fingerprint density at radius 3 is 2.23 bits per heavy atom. The van der Waals surface area contributed by atoms with Crippen molar-refractivity contribution in [1.82, 2.24) is 10.2 Å². The number of fused-ring (bicyclic) bond motifs is 3. The smallest absolute Gasteiger partial charge is 0.407 e. The Morgan fingerprint density at radius 2 is 1.63 bits per heavy atom. The van der Waals surface area contributed by atoms with Crippen LogP contribution in [0.1, 0.15) is 36.8 Å². The lowest BCUT2D eigenvalue weighted by Crippen LogP contribution is -2.51. The number of alkyl carbamates (subject to hydrolysis) is 1. The SMILES string of the molecule is CC1(C(=O)O)CCN(C(=O)C2COCC2NC(=O)OCC2c3ccccc3-c3ccccc32)CC1. The quantitative estimate of drug-likeness (QED) is 0.684. The Balaban J connectivity index is 1.18. The van der Waals surface area contributed by atoms with Gasteiger partial charge in [0.05, 0.1) is 30.6 Å². The minimum absolute atomic E-state index is 0.0395. The molecule has 2 unspecified atom stereocenters. The van der Waals surface area contributed by atoms with Crippen molar-refractivity contribution < 1.29 is 29.0 Å². The van der Waals surface area contributed by atoms with Gasteiger partial charge in [-0.3, -0.25) is 9.59 Å². The summed E-state index contributed by atoms with van der Waals surface area (Å²) in [7, 11) is 0. The van der Waals surface area contributed by atoms with Crippen molar-refractivity contribution in [2.75, 3.05) is 32.9 Å². The number of nitrogens with one attached hydrogen (secondary N) is 1. The number of amides is 2. The van der Waals surface area contributed by atoms with E-state index in [1.165, 1.54) is 0 Å². The molecule has 35 heavy (non-hydrogen) atoms. The topological polar surface area (TPSA) is 105 Å². The van der Waals surface area contributed by atoms with Crippen molar-refractivity contribution in [3.05, 3.63) is 59.7 Å². The van der Waals surface area contributed by atoms with Gasteiger partial charge in [0.2, 0.25) is 5.91 Å². The van der Waals surface area contributed by atoms with Gasteiger partial charge in [-0.2, -0.15) is 0 Å². The van der Waals surface area contributed by atoms with E-state index < -0.39 is 29.4 Å². The van der Waals surface area contributed by atoms with Crippen LogP contribution in [0.2, 0.25) is 0 Å². The first-order valence-electron chi connectivity index (χ1n) is 12.1. The third kappa shape index (κ3) is 4.38. The number of nitrogens with zero attached hydrogens (tertiary/aromatic N) is 1. The summed E-state index contributed by atoms with van der Waals surface area (Å²) < 4.78 is 11.2. The van der Waals surface area contributed by atoms with Gasteiger partial charge in [-0.1, -0.05) is 48.5 Å². The molecule has 3 aliphatic rings. The highest BCUT2D eigenvalue weighted by molar-refractivity contribution is 5.82. The lowest BCUT2D eigenvalue weighted by atomic mass is 9.80. The molecule has 2 saturated heterocycles. The van der Waals surface area contributed by atoms with Gasteiger partial charge in [0.25, 0.3) is 0 Å². The van der Waals surface area contributed by atoms with Crippen molar-refractivity contribution in [3.63, 3.8) is 0 Å². The van der Waals surface area contributed by atoms with E-state index >= 15 is 0 Å². The third-order valence-corrected chi connectivity index (χ3v) is 7.74. The molecule has 184 valence electrons. The molecule has 5 rings (SSSR count). The first kappa shape index (κ1) is 23.4. The highest BCUT2D eigenvalue weighted by Gasteiger charge is 2.42. The molecule has 2 heterocycles. The van der Waals surface area contributed by atoms with Crippen molar-refractivity contribution in [3.8, 4) is 11.1 Å². The highest BCUT2D eigenvalue weighted by Crippen LogP contribution is 2.44. The molecular weight excluding hydrogens is 448 g/mol. The molecule has 0 radical (unpaired) electrons. The van der Waals surface area contributed by atoms with E-state index in [4.69, 9.17) is 9.47 Å². The lowest BCUT2D eigenvalue weighted by molar-refractivity contribution is -0.153. The number of hydrogen-bond acceptors (Lipinski definition) is 5. The Morgan fingerprint density at radius 1 is 1.03 bits per heavy atom. The van der Waals surface area contributed by atoms with Gasteiger partial charge in [0.1, 0.15) is 6.61 Å². The van der Waals surface area contributed by atoms with E-state index in [1.807, 2.05) is 24.3 Å². The number of carboxylic acid groups (broad SMARTS) is 1. The number of aliphatic carboxylic acids is 1. The van der Waals surface area contributed by atoms with E-state index in [9.17, 15) is 19.5 Å². The van der Waals surface area contributed by atoms with Crippen LogP contribution in [0.25, 0.3) is 11.1 Å². The molecule has 0 spiro atoms. The van der Waals surface area contributed by atoms with E-state index in [0.717, 1.165) is 22.3 Å². The Bertz CT molecular complexity index is 1090. The van der Waals surface area contributed by atoms with Gasteiger partial charge in [-0.25, -0.2) is 4.79 Å². The van der Waals surface area contributed by atoms with E-state index in [1.54, 1.807) is 11.8 Å². The first-order chi connectivity index (χ1) is 16.9. The molecule has 2 atom stereocenters. The second-order valence-electron chi connectivity index (χ2n) is 9.91. The second kappa shape index (κ2) is 9.34. The van der Waals surface area contributed by atoms with Crippen LogP contribution in [0.5, 0.6) is 0 Å². The van der Waals surface area contributed by atoms with E-state index in [0.29, 0.717) is 25.9 Å². The average molecular weight is 479 g/mol. The van der Waals surface area contributed by atoms with Crippen LogP contribution in [0.4, 0.5) is 4.79 Å². The van der Waals surface area contributed by atoms with Crippen molar-refractivity contribution in [2.45, 2.75) is 31.7 Å². The van der Waals surface area contributed by atoms with Crippen LogP contribution in [0.3, 0.4) is 0 Å². The highest BCUT2D eigenvalue weighted by atomic mass is 16.5. The maximum atomic E-state index is 13.1. The van der Waals surface area contributed by atoms with Gasteiger partial charge < -0.3 is 24.8 Å². The average Bonchev–Trinajstić information content (AvgIpc) is 3.45. The number of likely N-dealkylation sites (tertiary alicyclic amines) is 1. The number of ether oxygens (including phenoxy) is 2. The van der Waals surface area contributed by atoms with E-state index in [-0.39, 0.29) is 31.6 Å². The number of carboxylic acids is 1. The number of piperidine rings is 1. The molecule has 8 heteroatoms. The fourth-order valence-corrected chi connectivity index (χ4v) is 5.40. The van der Waals surface area contributed by atoms with Gasteiger partial charge in [-0.15, -0.1) is 0 Å². The number of hydrogen-bond donors (Lipinski definition) is 2. The Hall–Kier alpha value is -3.39. The van der Waals surface area contributed by atoms with Crippen LogP contribution in [-0.2, 0) is 19.1 Å². The molecule has 2 amide bonds. The zero-order valence-electron chi connectivity index (χ0n) is 19.7. The molecule has 0 aromatic heterocycles. The summed E-state index contributed by atoms with van der Waals surface area (Å²) in [5, 5.41) is 12.3. The number of benzene rings is 2. The van der Waals surface area contributed by atoms with E-state index in [2.05, 4.69) is 29.6 Å². The monoisotopic (exact) mass is 478 g/mol. The standard InChI is InChI=1S/C27H30N2O6/c1-27(25(31)32)10-12-29(13-11-27)24(30)22-14-34-16-23(22)28-26(33)35-15-21-19-8-4-2-6-17(19)18-7-3-5-9-20(18)21/h2-9,21-23H,10-16H2,1H3,(H,28,33)(H,31,32). The van der Waals surface area contributed by atoms with Crippen LogP contribution in [-0.4, -0.2) is 66.9 Å². The van der Waals surface area contributed by atoms with Gasteiger partial charge in [0.15, 0.2) is 0 Å². The Labute approximate surface area is 204 Å². The molecule has 1 aliphatic carbocycles. The molecule has 0 bridgehead atoms. The molecule has 8 nitrogen and oxygen atoms in total. The zero-order valence-corrected chi connectivity index (χ0v) is 19.7. The molecule has 2 N–H and O–H groups in total. The largest absolute Gasteiger partial charge is 0.481 e.